The molecule has 0 saturated carbocycles. The van der Waals surface area contributed by atoms with Crippen LogP contribution in [-0.4, -0.2) is 25.1 Å². The van der Waals surface area contributed by atoms with Crippen molar-refractivity contribution in [2.45, 2.75) is 20.8 Å². The Morgan fingerprint density at radius 3 is 2.44 bits per heavy atom. The molecule has 0 unspecified atom stereocenters. The summed E-state index contributed by atoms with van der Waals surface area (Å²) in [6.07, 6.45) is 1.70. The fourth-order valence-electron chi connectivity index (χ4n) is 3.29. The highest BCUT2D eigenvalue weighted by Crippen LogP contribution is 2.26. The number of cyclic esters (lactones) is 1. The van der Waals surface area contributed by atoms with Crippen LogP contribution in [0.2, 0.25) is 0 Å². The summed E-state index contributed by atoms with van der Waals surface area (Å²) in [6.45, 7) is 6.90. The van der Waals surface area contributed by atoms with Gasteiger partial charge in [-0.15, -0.1) is 0 Å². The van der Waals surface area contributed by atoms with E-state index in [0.717, 1.165) is 22.4 Å². The molecule has 0 fully saturated rings. The van der Waals surface area contributed by atoms with Crippen LogP contribution in [0.5, 0.6) is 11.5 Å². The van der Waals surface area contributed by atoms with Crippen LogP contribution in [0.4, 0.5) is 0 Å². The van der Waals surface area contributed by atoms with Crippen molar-refractivity contribution in [3.05, 3.63) is 100 Å². The molecule has 0 aliphatic carbocycles. The van der Waals surface area contributed by atoms with E-state index in [-0.39, 0.29) is 5.70 Å². The van der Waals surface area contributed by atoms with Crippen LogP contribution >= 0.6 is 0 Å². The number of hydrogen-bond acceptors (Lipinski definition) is 5. The van der Waals surface area contributed by atoms with Crippen LogP contribution in [0, 0.1) is 20.8 Å². The SMILES string of the molecule is Cc1ccc(OCCOc2ccc(C)c(C)c2)c(C=C2N=C(c3ccccc3)OC2=O)c1. The zero-order chi connectivity index (χ0) is 22.5. The molecule has 0 saturated heterocycles. The lowest BCUT2D eigenvalue weighted by atomic mass is 10.1. The highest BCUT2D eigenvalue weighted by Gasteiger charge is 2.24. The number of aliphatic imine (C=N–C) groups is 1. The lowest BCUT2D eigenvalue weighted by molar-refractivity contribution is -0.129. The Hall–Kier alpha value is -3.86. The molecular weight excluding hydrogens is 402 g/mol. The van der Waals surface area contributed by atoms with Crippen LogP contribution < -0.4 is 9.47 Å². The molecule has 5 nitrogen and oxygen atoms in total. The molecule has 3 aromatic carbocycles. The van der Waals surface area contributed by atoms with Crippen LogP contribution in [0.25, 0.3) is 6.08 Å². The summed E-state index contributed by atoms with van der Waals surface area (Å²) in [7, 11) is 0. The summed E-state index contributed by atoms with van der Waals surface area (Å²) in [4.78, 5) is 16.7. The number of ether oxygens (including phenoxy) is 3. The lowest BCUT2D eigenvalue weighted by Gasteiger charge is -2.12. The first-order chi connectivity index (χ1) is 15.5. The number of esters is 1. The number of carbonyl (C=O) groups excluding carboxylic acids is 1. The molecule has 0 radical (unpaired) electrons. The number of aryl methyl sites for hydroxylation is 3. The van der Waals surface area contributed by atoms with Crippen molar-refractivity contribution in [1.29, 1.82) is 0 Å². The van der Waals surface area contributed by atoms with Gasteiger partial charge in [0, 0.05) is 11.1 Å². The van der Waals surface area contributed by atoms with Crippen LogP contribution in [0.15, 0.2) is 77.4 Å². The number of benzene rings is 3. The maximum Gasteiger partial charge on any atom is 0.363 e. The standard InChI is InChI=1S/C27H25NO4/c1-18-9-12-25(31-14-13-30-23-11-10-19(2)20(3)16-23)22(15-18)17-24-27(29)32-26(28-24)21-7-5-4-6-8-21/h4-12,15-17H,13-14H2,1-3H3. The Balaban J connectivity index is 1.46. The smallest absolute Gasteiger partial charge is 0.363 e. The van der Waals surface area contributed by atoms with Crippen molar-refractivity contribution in [3.63, 3.8) is 0 Å². The molecule has 0 N–H and O–H groups in total. The molecule has 1 heterocycles. The second kappa shape index (κ2) is 9.52. The van der Waals surface area contributed by atoms with Gasteiger partial charge in [0.25, 0.3) is 0 Å². The van der Waals surface area contributed by atoms with Gasteiger partial charge in [0.05, 0.1) is 0 Å². The lowest BCUT2D eigenvalue weighted by Crippen LogP contribution is -2.10. The van der Waals surface area contributed by atoms with E-state index >= 15 is 0 Å². The molecule has 1 aliphatic heterocycles. The Kier molecular flexibility index (Phi) is 6.36. The van der Waals surface area contributed by atoms with Crippen molar-refractivity contribution >= 4 is 17.9 Å². The maximum atomic E-state index is 12.4. The van der Waals surface area contributed by atoms with Crippen LogP contribution in [0.1, 0.15) is 27.8 Å². The summed E-state index contributed by atoms with van der Waals surface area (Å²) in [5, 5.41) is 0. The number of hydrogen-bond donors (Lipinski definition) is 0. The fraction of sp³-hybridized carbons (Fsp3) is 0.185. The van der Waals surface area contributed by atoms with Crippen molar-refractivity contribution < 1.29 is 19.0 Å². The predicted molar refractivity (Wildman–Crippen MR) is 125 cm³/mol. The monoisotopic (exact) mass is 427 g/mol. The van der Waals surface area contributed by atoms with Crippen LogP contribution in [-0.2, 0) is 9.53 Å². The molecule has 32 heavy (non-hydrogen) atoms. The van der Waals surface area contributed by atoms with E-state index in [1.54, 1.807) is 6.08 Å². The van der Waals surface area contributed by atoms with Gasteiger partial charge in [-0.05, 0) is 74.4 Å². The molecule has 0 aromatic heterocycles. The first-order valence-corrected chi connectivity index (χ1v) is 10.5. The third-order valence-electron chi connectivity index (χ3n) is 5.19. The summed E-state index contributed by atoms with van der Waals surface area (Å²) in [5.74, 6) is 1.30. The minimum Gasteiger partial charge on any atom is -0.490 e. The topological polar surface area (TPSA) is 57.1 Å². The molecule has 3 aromatic rings. The van der Waals surface area contributed by atoms with E-state index in [0.29, 0.717) is 24.9 Å². The van der Waals surface area contributed by atoms with Gasteiger partial charge in [-0.1, -0.05) is 35.9 Å². The van der Waals surface area contributed by atoms with Crippen molar-refractivity contribution in [2.24, 2.45) is 4.99 Å². The minimum atomic E-state index is -0.477. The van der Waals surface area contributed by atoms with Crippen LogP contribution in [0.3, 0.4) is 0 Å². The fourth-order valence-corrected chi connectivity index (χ4v) is 3.29. The summed E-state index contributed by atoms with van der Waals surface area (Å²) in [5.41, 5.74) is 5.23. The van der Waals surface area contributed by atoms with Gasteiger partial charge in [-0.2, -0.15) is 0 Å². The Morgan fingerprint density at radius 2 is 1.66 bits per heavy atom. The Bertz CT molecular complexity index is 1200. The largest absolute Gasteiger partial charge is 0.490 e. The van der Waals surface area contributed by atoms with E-state index in [4.69, 9.17) is 14.2 Å². The minimum absolute atomic E-state index is 0.241. The highest BCUT2D eigenvalue weighted by atomic mass is 16.6. The van der Waals surface area contributed by atoms with E-state index in [1.165, 1.54) is 11.1 Å². The molecule has 0 atom stereocenters. The first kappa shape index (κ1) is 21.4. The van der Waals surface area contributed by atoms with Crippen molar-refractivity contribution in [3.8, 4) is 11.5 Å². The zero-order valence-electron chi connectivity index (χ0n) is 18.4. The average Bonchev–Trinajstić information content (AvgIpc) is 3.16. The average molecular weight is 428 g/mol. The third kappa shape index (κ3) is 5.06. The van der Waals surface area contributed by atoms with E-state index in [2.05, 4.69) is 18.8 Å². The summed E-state index contributed by atoms with van der Waals surface area (Å²) < 4.78 is 17.1. The van der Waals surface area contributed by atoms with Crippen molar-refractivity contribution in [2.75, 3.05) is 13.2 Å². The van der Waals surface area contributed by atoms with Gasteiger partial charge in [-0.3, -0.25) is 0 Å². The van der Waals surface area contributed by atoms with E-state index in [1.807, 2.05) is 73.7 Å². The summed E-state index contributed by atoms with van der Waals surface area (Å²) in [6, 6.07) is 21.2. The molecule has 1 aliphatic rings. The molecule has 162 valence electrons. The van der Waals surface area contributed by atoms with E-state index in [9.17, 15) is 4.79 Å². The molecule has 0 amide bonds. The molecular formula is C27H25NO4. The predicted octanol–water partition coefficient (Wildman–Crippen LogP) is 5.41. The second-order valence-corrected chi connectivity index (χ2v) is 7.69. The second-order valence-electron chi connectivity index (χ2n) is 7.69. The maximum absolute atomic E-state index is 12.4. The molecule has 5 heteroatoms. The van der Waals surface area contributed by atoms with Crippen molar-refractivity contribution in [1.82, 2.24) is 0 Å². The molecule has 0 bridgehead atoms. The quantitative estimate of drug-likeness (QED) is 0.287. The van der Waals surface area contributed by atoms with Gasteiger partial charge in [-0.25, -0.2) is 9.79 Å². The van der Waals surface area contributed by atoms with Gasteiger partial charge >= 0.3 is 5.97 Å². The Morgan fingerprint density at radius 1 is 0.875 bits per heavy atom. The van der Waals surface area contributed by atoms with Gasteiger partial charge in [0.2, 0.25) is 5.90 Å². The zero-order valence-corrected chi connectivity index (χ0v) is 18.4. The third-order valence-corrected chi connectivity index (χ3v) is 5.19. The highest BCUT2D eigenvalue weighted by molar-refractivity contribution is 6.12. The van der Waals surface area contributed by atoms with E-state index < -0.39 is 5.97 Å². The first-order valence-electron chi connectivity index (χ1n) is 10.5. The number of carbonyl (C=O) groups is 1. The normalized spacial score (nSPS) is 14.3. The Labute approximate surface area is 188 Å². The molecule has 4 rings (SSSR count). The van der Waals surface area contributed by atoms with Gasteiger partial charge < -0.3 is 14.2 Å². The van der Waals surface area contributed by atoms with Gasteiger partial charge in [0.15, 0.2) is 5.70 Å². The number of rotatable bonds is 7. The molecule has 0 spiro atoms. The summed E-state index contributed by atoms with van der Waals surface area (Å²) >= 11 is 0. The number of nitrogens with zero attached hydrogens (tertiary/aromatic N) is 1. The van der Waals surface area contributed by atoms with Gasteiger partial charge in [0.1, 0.15) is 24.7 Å².